The van der Waals surface area contributed by atoms with E-state index in [1.54, 1.807) is 0 Å². The Kier molecular flexibility index (Phi) is 3.79. The Labute approximate surface area is 103 Å². The van der Waals surface area contributed by atoms with Crippen LogP contribution in [0.25, 0.3) is 0 Å². The highest BCUT2D eigenvalue weighted by Gasteiger charge is 2.19. The van der Waals surface area contributed by atoms with Crippen molar-refractivity contribution < 1.29 is 4.79 Å². The number of rotatable bonds is 2. The van der Waals surface area contributed by atoms with Crippen molar-refractivity contribution in [3.8, 4) is 0 Å². The Hall–Kier alpha value is -1.35. The lowest BCUT2D eigenvalue weighted by Gasteiger charge is -2.28. The molecule has 0 spiro atoms. The molecule has 0 aliphatic carbocycles. The van der Waals surface area contributed by atoms with Gasteiger partial charge in [0.1, 0.15) is 0 Å². The summed E-state index contributed by atoms with van der Waals surface area (Å²) in [6.45, 7) is 5.05. The van der Waals surface area contributed by atoms with Gasteiger partial charge in [-0.25, -0.2) is 0 Å². The van der Waals surface area contributed by atoms with E-state index in [0.717, 1.165) is 30.5 Å². The van der Waals surface area contributed by atoms with Gasteiger partial charge in [-0.05, 0) is 38.8 Å². The van der Waals surface area contributed by atoms with Crippen molar-refractivity contribution in [3.05, 3.63) is 35.4 Å². The van der Waals surface area contributed by atoms with E-state index < -0.39 is 0 Å². The summed E-state index contributed by atoms with van der Waals surface area (Å²) < 4.78 is 0. The Morgan fingerprint density at radius 2 is 2.24 bits per heavy atom. The summed E-state index contributed by atoms with van der Waals surface area (Å²) in [6.07, 6.45) is 2.19. The maximum atomic E-state index is 12.0. The Bertz CT molecular complexity index is 395. The number of piperidine rings is 1. The number of aryl methyl sites for hydroxylation is 1. The van der Waals surface area contributed by atoms with E-state index in [-0.39, 0.29) is 11.9 Å². The van der Waals surface area contributed by atoms with Gasteiger partial charge in [-0.1, -0.05) is 17.7 Å². The number of amides is 1. The lowest BCUT2D eigenvalue weighted by molar-refractivity contribution is 0.0927. The SMILES string of the molecule is Cc1cccc(C(=O)NC2CCC(C)NC2)c1. The Balaban J connectivity index is 1.93. The van der Waals surface area contributed by atoms with Gasteiger partial charge in [0.15, 0.2) is 0 Å². The van der Waals surface area contributed by atoms with Crippen LogP contribution in [0.2, 0.25) is 0 Å². The molecule has 2 rings (SSSR count). The fraction of sp³-hybridized carbons (Fsp3) is 0.500. The lowest BCUT2D eigenvalue weighted by atomic mass is 10.0. The average Bonchev–Trinajstić information content (AvgIpc) is 2.32. The fourth-order valence-corrected chi connectivity index (χ4v) is 2.18. The van der Waals surface area contributed by atoms with Crippen molar-refractivity contribution in [1.82, 2.24) is 10.6 Å². The third-order valence-corrected chi connectivity index (χ3v) is 3.28. The van der Waals surface area contributed by atoms with Gasteiger partial charge >= 0.3 is 0 Å². The van der Waals surface area contributed by atoms with E-state index in [2.05, 4.69) is 17.6 Å². The normalized spacial score (nSPS) is 24.4. The second kappa shape index (κ2) is 5.32. The van der Waals surface area contributed by atoms with Gasteiger partial charge in [0.25, 0.3) is 5.91 Å². The zero-order chi connectivity index (χ0) is 12.3. The van der Waals surface area contributed by atoms with Crippen LogP contribution in [0, 0.1) is 6.92 Å². The van der Waals surface area contributed by atoms with Crippen molar-refractivity contribution in [2.75, 3.05) is 6.54 Å². The zero-order valence-corrected chi connectivity index (χ0v) is 10.5. The van der Waals surface area contributed by atoms with Crippen LogP contribution in [0.5, 0.6) is 0 Å². The molecule has 1 amide bonds. The molecule has 2 N–H and O–H groups in total. The summed E-state index contributed by atoms with van der Waals surface area (Å²) in [7, 11) is 0. The summed E-state index contributed by atoms with van der Waals surface area (Å²) >= 11 is 0. The van der Waals surface area contributed by atoms with Crippen LogP contribution in [-0.2, 0) is 0 Å². The molecule has 3 heteroatoms. The standard InChI is InChI=1S/C14H20N2O/c1-10-4-3-5-12(8-10)14(17)16-13-7-6-11(2)15-9-13/h3-5,8,11,13,15H,6-7,9H2,1-2H3,(H,16,17). The van der Waals surface area contributed by atoms with Crippen LogP contribution in [0.4, 0.5) is 0 Å². The molecule has 1 aliphatic heterocycles. The van der Waals surface area contributed by atoms with Crippen molar-refractivity contribution in [3.63, 3.8) is 0 Å². The van der Waals surface area contributed by atoms with Crippen LogP contribution >= 0.6 is 0 Å². The molecule has 0 radical (unpaired) electrons. The topological polar surface area (TPSA) is 41.1 Å². The number of hydrogen-bond acceptors (Lipinski definition) is 2. The lowest BCUT2D eigenvalue weighted by Crippen LogP contribution is -2.48. The predicted molar refractivity (Wildman–Crippen MR) is 69.1 cm³/mol. The second-order valence-corrected chi connectivity index (χ2v) is 4.93. The highest BCUT2D eigenvalue weighted by atomic mass is 16.1. The van der Waals surface area contributed by atoms with Crippen LogP contribution in [0.1, 0.15) is 35.7 Å². The van der Waals surface area contributed by atoms with Gasteiger partial charge in [-0.3, -0.25) is 4.79 Å². The molecule has 17 heavy (non-hydrogen) atoms. The van der Waals surface area contributed by atoms with Gasteiger partial charge < -0.3 is 10.6 Å². The van der Waals surface area contributed by atoms with Crippen LogP contribution < -0.4 is 10.6 Å². The number of nitrogens with one attached hydrogen (secondary N) is 2. The number of benzene rings is 1. The number of hydrogen-bond donors (Lipinski definition) is 2. The summed E-state index contributed by atoms with van der Waals surface area (Å²) in [5, 5.41) is 6.47. The molecule has 1 aromatic rings. The maximum absolute atomic E-state index is 12.0. The molecule has 2 atom stereocenters. The van der Waals surface area contributed by atoms with Crippen molar-refractivity contribution >= 4 is 5.91 Å². The quantitative estimate of drug-likeness (QED) is 0.817. The van der Waals surface area contributed by atoms with Gasteiger partial charge in [-0.2, -0.15) is 0 Å². The molecule has 0 saturated carbocycles. The molecule has 92 valence electrons. The minimum Gasteiger partial charge on any atom is -0.348 e. The van der Waals surface area contributed by atoms with E-state index >= 15 is 0 Å². The maximum Gasteiger partial charge on any atom is 0.251 e. The smallest absolute Gasteiger partial charge is 0.251 e. The minimum absolute atomic E-state index is 0.0371. The van der Waals surface area contributed by atoms with Gasteiger partial charge in [0, 0.05) is 24.2 Å². The first kappa shape index (κ1) is 12.1. The molecule has 0 aromatic heterocycles. The highest BCUT2D eigenvalue weighted by molar-refractivity contribution is 5.94. The van der Waals surface area contributed by atoms with Crippen molar-refractivity contribution in [2.24, 2.45) is 0 Å². The van der Waals surface area contributed by atoms with E-state index in [4.69, 9.17) is 0 Å². The Morgan fingerprint density at radius 3 is 2.88 bits per heavy atom. The van der Waals surface area contributed by atoms with Crippen molar-refractivity contribution in [1.29, 1.82) is 0 Å². The van der Waals surface area contributed by atoms with E-state index in [9.17, 15) is 4.79 Å². The molecule has 1 fully saturated rings. The minimum atomic E-state index is 0.0371. The highest BCUT2D eigenvalue weighted by Crippen LogP contribution is 2.09. The molecule has 0 bridgehead atoms. The molecule has 1 heterocycles. The largest absolute Gasteiger partial charge is 0.348 e. The number of carbonyl (C=O) groups is 1. The third-order valence-electron chi connectivity index (χ3n) is 3.28. The molecule has 1 aliphatic rings. The van der Waals surface area contributed by atoms with Crippen LogP contribution in [-0.4, -0.2) is 24.5 Å². The zero-order valence-electron chi connectivity index (χ0n) is 10.5. The molecule has 3 nitrogen and oxygen atoms in total. The second-order valence-electron chi connectivity index (χ2n) is 4.93. The first-order valence-corrected chi connectivity index (χ1v) is 6.26. The van der Waals surface area contributed by atoms with E-state index in [1.165, 1.54) is 0 Å². The summed E-state index contributed by atoms with van der Waals surface area (Å²) in [4.78, 5) is 12.0. The molecular weight excluding hydrogens is 212 g/mol. The third kappa shape index (κ3) is 3.30. The monoisotopic (exact) mass is 232 g/mol. The number of carbonyl (C=O) groups excluding carboxylic acids is 1. The summed E-state index contributed by atoms with van der Waals surface area (Å²) in [5.74, 6) is 0.0371. The first-order valence-electron chi connectivity index (χ1n) is 6.26. The van der Waals surface area contributed by atoms with E-state index in [1.807, 2.05) is 31.2 Å². The average molecular weight is 232 g/mol. The van der Waals surface area contributed by atoms with Crippen molar-refractivity contribution in [2.45, 2.75) is 38.8 Å². The first-order chi connectivity index (χ1) is 8.15. The Morgan fingerprint density at radius 1 is 1.41 bits per heavy atom. The van der Waals surface area contributed by atoms with Crippen LogP contribution in [0.15, 0.2) is 24.3 Å². The van der Waals surface area contributed by atoms with Crippen LogP contribution in [0.3, 0.4) is 0 Å². The molecule has 1 saturated heterocycles. The fourth-order valence-electron chi connectivity index (χ4n) is 2.18. The van der Waals surface area contributed by atoms with Gasteiger partial charge in [0.05, 0.1) is 0 Å². The van der Waals surface area contributed by atoms with Gasteiger partial charge in [-0.15, -0.1) is 0 Å². The molecule has 1 aromatic carbocycles. The molecular formula is C14H20N2O. The predicted octanol–water partition coefficient (Wildman–Crippen LogP) is 1.87. The summed E-state index contributed by atoms with van der Waals surface area (Å²) in [6, 6.07) is 8.54. The van der Waals surface area contributed by atoms with Gasteiger partial charge in [0.2, 0.25) is 0 Å². The van der Waals surface area contributed by atoms with E-state index in [0.29, 0.717) is 6.04 Å². The summed E-state index contributed by atoms with van der Waals surface area (Å²) in [5.41, 5.74) is 1.87. The molecule has 2 unspecified atom stereocenters.